The second-order valence-electron chi connectivity index (χ2n) is 4.33. The lowest BCUT2D eigenvalue weighted by molar-refractivity contribution is 0.0954. The topological polar surface area (TPSA) is 62.2 Å². The molecule has 5 heteroatoms. The first-order chi connectivity index (χ1) is 9.69. The zero-order valence-corrected chi connectivity index (χ0v) is 12.4. The predicted molar refractivity (Wildman–Crippen MR) is 80.3 cm³/mol. The van der Waals surface area contributed by atoms with Gasteiger partial charge in [0.25, 0.3) is 5.91 Å². The van der Waals surface area contributed by atoms with Crippen LogP contribution in [-0.4, -0.2) is 22.5 Å². The van der Waals surface area contributed by atoms with E-state index in [-0.39, 0.29) is 12.5 Å². The van der Waals surface area contributed by atoms with Crippen LogP contribution in [0.1, 0.15) is 21.6 Å². The lowest BCUT2D eigenvalue weighted by Crippen LogP contribution is -2.25. The van der Waals surface area contributed by atoms with Gasteiger partial charge >= 0.3 is 0 Å². The molecule has 0 unspecified atom stereocenters. The number of hydrogen-bond donors (Lipinski definition) is 2. The molecule has 2 N–H and O–H groups in total. The zero-order chi connectivity index (χ0) is 14.4. The van der Waals surface area contributed by atoms with Crippen LogP contribution in [0.4, 0.5) is 0 Å². The number of carbonyl (C=O) groups excluding carboxylic acids is 1. The second-order valence-corrected chi connectivity index (χ2v) is 5.24. The minimum absolute atomic E-state index is 0.154. The Kier molecular flexibility index (Phi) is 5.26. The molecule has 0 spiro atoms. The molecule has 1 aromatic heterocycles. The molecule has 0 fully saturated rings. The maximum absolute atomic E-state index is 11.9. The number of aromatic nitrogens is 1. The van der Waals surface area contributed by atoms with Crippen LogP contribution in [0.2, 0.25) is 0 Å². The highest BCUT2D eigenvalue weighted by Crippen LogP contribution is 2.10. The van der Waals surface area contributed by atoms with Crippen molar-refractivity contribution in [2.24, 2.45) is 0 Å². The molecule has 104 valence electrons. The van der Waals surface area contributed by atoms with Gasteiger partial charge in [-0.25, -0.2) is 0 Å². The van der Waals surface area contributed by atoms with Gasteiger partial charge in [0.2, 0.25) is 0 Å². The predicted octanol–water partition coefficient (Wildman–Crippen LogP) is 2.31. The van der Waals surface area contributed by atoms with E-state index < -0.39 is 0 Å². The Bertz CT molecular complexity index is 585. The van der Waals surface area contributed by atoms with Crippen molar-refractivity contribution in [3.8, 4) is 0 Å². The summed E-state index contributed by atoms with van der Waals surface area (Å²) >= 11 is 3.38. The van der Waals surface area contributed by atoms with E-state index in [0.29, 0.717) is 17.8 Å². The van der Waals surface area contributed by atoms with Crippen LogP contribution < -0.4 is 5.32 Å². The molecule has 0 saturated heterocycles. The van der Waals surface area contributed by atoms with Gasteiger partial charge in [0, 0.05) is 22.8 Å². The Morgan fingerprint density at radius 1 is 1.25 bits per heavy atom. The molecular formula is C15H15BrN2O2. The highest BCUT2D eigenvalue weighted by atomic mass is 79.9. The van der Waals surface area contributed by atoms with Crippen LogP contribution in [0.25, 0.3) is 0 Å². The van der Waals surface area contributed by atoms with Crippen LogP contribution in [0.15, 0.2) is 47.1 Å². The summed E-state index contributed by atoms with van der Waals surface area (Å²) in [6, 6.07) is 11.2. The average Bonchev–Trinajstić information content (AvgIpc) is 2.49. The van der Waals surface area contributed by atoms with Crippen molar-refractivity contribution in [1.29, 1.82) is 0 Å². The van der Waals surface area contributed by atoms with E-state index in [1.165, 1.54) is 11.8 Å². The molecule has 20 heavy (non-hydrogen) atoms. The third-order valence-electron chi connectivity index (χ3n) is 2.85. The van der Waals surface area contributed by atoms with Crippen molar-refractivity contribution >= 4 is 21.8 Å². The molecule has 4 nitrogen and oxygen atoms in total. The van der Waals surface area contributed by atoms with Crippen molar-refractivity contribution in [2.75, 3.05) is 6.54 Å². The summed E-state index contributed by atoms with van der Waals surface area (Å²) in [5.74, 6) is -0.154. The summed E-state index contributed by atoms with van der Waals surface area (Å²) in [6.07, 6.45) is 2.30. The van der Waals surface area contributed by atoms with Crippen LogP contribution in [0, 0.1) is 0 Å². The first-order valence-electron chi connectivity index (χ1n) is 6.27. The molecule has 1 heterocycles. The van der Waals surface area contributed by atoms with E-state index in [0.717, 1.165) is 10.9 Å². The molecule has 1 aromatic carbocycles. The van der Waals surface area contributed by atoms with Gasteiger partial charge in [0.15, 0.2) is 0 Å². The third-order valence-corrected chi connectivity index (χ3v) is 3.38. The molecule has 0 aliphatic rings. The number of aliphatic hydroxyl groups is 1. The number of nitrogens with one attached hydrogen (secondary N) is 1. The van der Waals surface area contributed by atoms with Gasteiger partial charge in [0.1, 0.15) is 0 Å². The van der Waals surface area contributed by atoms with Crippen molar-refractivity contribution in [1.82, 2.24) is 10.3 Å². The lowest BCUT2D eigenvalue weighted by Gasteiger charge is -2.06. The monoisotopic (exact) mass is 334 g/mol. The van der Waals surface area contributed by atoms with E-state index in [4.69, 9.17) is 5.11 Å². The summed E-state index contributed by atoms with van der Waals surface area (Å²) < 4.78 is 1.04. The van der Waals surface area contributed by atoms with E-state index in [2.05, 4.69) is 26.2 Å². The number of benzene rings is 1. The maximum Gasteiger partial charge on any atom is 0.251 e. The smallest absolute Gasteiger partial charge is 0.251 e. The molecule has 2 aromatic rings. The molecule has 0 bridgehead atoms. The first-order valence-corrected chi connectivity index (χ1v) is 7.07. The minimum Gasteiger partial charge on any atom is -0.390 e. The SMILES string of the molecule is O=C(NCCc1ccc(Br)cc1)c1ccnc(CO)c1. The van der Waals surface area contributed by atoms with Crippen molar-refractivity contribution in [3.63, 3.8) is 0 Å². The Morgan fingerprint density at radius 2 is 2.00 bits per heavy atom. The molecule has 0 aliphatic heterocycles. The van der Waals surface area contributed by atoms with Crippen molar-refractivity contribution < 1.29 is 9.90 Å². The quantitative estimate of drug-likeness (QED) is 0.881. The van der Waals surface area contributed by atoms with Gasteiger partial charge in [0.05, 0.1) is 12.3 Å². The molecule has 0 aliphatic carbocycles. The molecular weight excluding hydrogens is 320 g/mol. The van der Waals surface area contributed by atoms with Gasteiger partial charge in [-0.1, -0.05) is 28.1 Å². The van der Waals surface area contributed by atoms with Crippen LogP contribution in [-0.2, 0) is 13.0 Å². The highest BCUT2D eigenvalue weighted by molar-refractivity contribution is 9.10. The number of carbonyl (C=O) groups is 1. The third kappa shape index (κ3) is 4.15. The van der Waals surface area contributed by atoms with Crippen molar-refractivity contribution in [3.05, 3.63) is 63.9 Å². The Hall–Kier alpha value is -1.72. The summed E-state index contributed by atoms with van der Waals surface area (Å²) in [5.41, 5.74) is 2.17. The molecule has 2 rings (SSSR count). The van der Waals surface area contributed by atoms with Gasteiger partial charge in [-0.15, -0.1) is 0 Å². The number of pyridine rings is 1. The number of nitrogens with zero attached hydrogens (tertiary/aromatic N) is 1. The van der Waals surface area contributed by atoms with Gasteiger partial charge in [-0.05, 0) is 36.2 Å². The number of hydrogen-bond acceptors (Lipinski definition) is 3. The summed E-state index contributed by atoms with van der Waals surface area (Å²) in [7, 11) is 0. The average molecular weight is 335 g/mol. The fraction of sp³-hybridized carbons (Fsp3) is 0.200. The zero-order valence-electron chi connectivity index (χ0n) is 10.8. The normalized spacial score (nSPS) is 10.3. The van der Waals surface area contributed by atoms with E-state index in [1.807, 2.05) is 24.3 Å². The summed E-state index contributed by atoms with van der Waals surface area (Å²) in [5, 5.41) is 11.8. The maximum atomic E-state index is 11.9. The van der Waals surface area contributed by atoms with E-state index >= 15 is 0 Å². The lowest BCUT2D eigenvalue weighted by atomic mass is 10.1. The number of aliphatic hydroxyl groups excluding tert-OH is 1. The van der Waals surface area contributed by atoms with E-state index in [1.54, 1.807) is 12.1 Å². The van der Waals surface area contributed by atoms with Crippen molar-refractivity contribution in [2.45, 2.75) is 13.0 Å². The Morgan fingerprint density at radius 3 is 2.70 bits per heavy atom. The van der Waals surface area contributed by atoms with Gasteiger partial charge in [-0.3, -0.25) is 9.78 Å². The fourth-order valence-corrected chi connectivity index (χ4v) is 2.04. The van der Waals surface area contributed by atoms with Crippen LogP contribution in [0.5, 0.6) is 0 Å². The molecule has 0 radical (unpaired) electrons. The van der Waals surface area contributed by atoms with Gasteiger partial charge < -0.3 is 10.4 Å². The Balaban J connectivity index is 1.87. The standard InChI is InChI=1S/C15H15BrN2O2/c16-13-3-1-11(2-4-13)5-7-18-15(20)12-6-8-17-14(9-12)10-19/h1-4,6,8-9,19H,5,7,10H2,(H,18,20). The fourth-order valence-electron chi connectivity index (χ4n) is 1.78. The van der Waals surface area contributed by atoms with Crippen LogP contribution in [0.3, 0.4) is 0 Å². The largest absolute Gasteiger partial charge is 0.390 e. The summed E-state index contributed by atoms with van der Waals surface area (Å²) in [6.45, 7) is 0.400. The number of amides is 1. The first kappa shape index (κ1) is 14.7. The minimum atomic E-state index is -0.167. The van der Waals surface area contributed by atoms with Crippen LogP contribution >= 0.6 is 15.9 Å². The molecule has 0 saturated carbocycles. The Labute approximate surface area is 126 Å². The number of rotatable bonds is 5. The number of halogens is 1. The summed E-state index contributed by atoms with van der Waals surface area (Å²) in [4.78, 5) is 15.9. The highest BCUT2D eigenvalue weighted by Gasteiger charge is 2.06. The van der Waals surface area contributed by atoms with Gasteiger partial charge in [-0.2, -0.15) is 0 Å². The second kappa shape index (κ2) is 7.17. The molecule has 1 amide bonds. The molecule has 0 atom stereocenters. The van der Waals surface area contributed by atoms with E-state index in [9.17, 15) is 4.79 Å².